The summed E-state index contributed by atoms with van der Waals surface area (Å²) in [6.45, 7) is 8.11. The minimum atomic E-state index is 0.191. The number of hydrogen-bond donors (Lipinski definition) is 0. The highest BCUT2D eigenvalue weighted by molar-refractivity contribution is 7.99. The van der Waals surface area contributed by atoms with Crippen molar-refractivity contribution in [3.05, 3.63) is 18.4 Å². The lowest BCUT2D eigenvalue weighted by Crippen LogP contribution is -2.43. The van der Waals surface area contributed by atoms with E-state index in [9.17, 15) is 4.79 Å². The predicted octanol–water partition coefficient (Wildman–Crippen LogP) is 3.69. The molecule has 1 atom stereocenters. The highest BCUT2D eigenvalue weighted by atomic mass is 32.2. The van der Waals surface area contributed by atoms with Crippen LogP contribution in [-0.4, -0.2) is 43.9 Å². The second-order valence-corrected chi connectivity index (χ2v) is 7.95. The van der Waals surface area contributed by atoms with Crippen molar-refractivity contribution in [1.29, 1.82) is 0 Å². The van der Waals surface area contributed by atoms with Gasteiger partial charge in [0.15, 0.2) is 16.7 Å². The maximum atomic E-state index is 12.6. The van der Waals surface area contributed by atoms with E-state index in [0.29, 0.717) is 23.5 Å². The molecular weight excluding hydrogens is 336 g/mol. The van der Waals surface area contributed by atoms with E-state index in [0.717, 1.165) is 36.9 Å². The standard InChI is InChI=1S/C18H26N4O2S/c1-13(2)11-22-17(15-8-6-10-24-15)19-20-18(22)25-12-16(23)21-9-5-4-7-14(21)3/h6,8,10,13-14H,4-5,7,9,11-12H2,1-3H3. The number of aromatic nitrogens is 3. The van der Waals surface area contributed by atoms with Crippen LogP contribution in [0.2, 0.25) is 0 Å². The lowest BCUT2D eigenvalue weighted by molar-refractivity contribution is -0.131. The van der Waals surface area contributed by atoms with Crippen molar-refractivity contribution in [3.63, 3.8) is 0 Å². The Morgan fingerprint density at radius 3 is 2.92 bits per heavy atom. The molecule has 1 aliphatic heterocycles. The van der Waals surface area contributed by atoms with E-state index in [1.165, 1.54) is 18.2 Å². The summed E-state index contributed by atoms with van der Waals surface area (Å²) in [6.07, 6.45) is 5.06. The minimum Gasteiger partial charge on any atom is -0.461 e. The summed E-state index contributed by atoms with van der Waals surface area (Å²) < 4.78 is 7.54. The number of thioether (sulfide) groups is 1. The first-order valence-corrected chi connectivity index (χ1v) is 9.94. The zero-order valence-corrected chi connectivity index (χ0v) is 16.0. The Kier molecular flexibility index (Phi) is 5.83. The van der Waals surface area contributed by atoms with Crippen LogP contribution >= 0.6 is 11.8 Å². The Labute approximate surface area is 153 Å². The van der Waals surface area contributed by atoms with Crippen molar-refractivity contribution in [2.45, 2.75) is 57.8 Å². The number of furan rings is 1. The van der Waals surface area contributed by atoms with Crippen molar-refractivity contribution in [3.8, 4) is 11.6 Å². The van der Waals surface area contributed by atoms with E-state index in [1.54, 1.807) is 6.26 Å². The number of piperidine rings is 1. The Hall–Kier alpha value is -1.76. The lowest BCUT2D eigenvalue weighted by atomic mass is 10.0. The molecule has 1 amide bonds. The maximum absolute atomic E-state index is 12.6. The molecular formula is C18H26N4O2S. The Balaban J connectivity index is 1.72. The lowest BCUT2D eigenvalue weighted by Gasteiger charge is -2.33. The van der Waals surface area contributed by atoms with Crippen LogP contribution in [0.15, 0.2) is 28.0 Å². The molecule has 0 aromatic carbocycles. The quantitative estimate of drug-likeness (QED) is 0.733. The normalized spacial score (nSPS) is 18.1. The monoisotopic (exact) mass is 362 g/mol. The summed E-state index contributed by atoms with van der Waals surface area (Å²) >= 11 is 1.47. The van der Waals surface area contributed by atoms with Crippen LogP contribution < -0.4 is 0 Å². The number of nitrogens with zero attached hydrogens (tertiary/aromatic N) is 4. The van der Waals surface area contributed by atoms with Gasteiger partial charge < -0.3 is 9.32 Å². The second kappa shape index (κ2) is 8.08. The van der Waals surface area contributed by atoms with Gasteiger partial charge in [-0.25, -0.2) is 0 Å². The van der Waals surface area contributed by atoms with Gasteiger partial charge in [-0.05, 0) is 44.2 Å². The molecule has 1 unspecified atom stereocenters. The van der Waals surface area contributed by atoms with Crippen molar-refractivity contribution in [2.24, 2.45) is 5.92 Å². The number of hydrogen-bond acceptors (Lipinski definition) is 5. The second-order valence-electron chi connectivity index (χ2n) is 7.01. The molecule has 0 spiro atoms. The van der Waals surface area contributed by atoms with Crippen molar-refractivity contribution in [1.82, 2.24) is 19.7 Å². The smallest absolute Gasteiger partial charge is 0.233 e. The van der Waals surface area contributed by atoms with Gasteiger partial charge in [-0.3, -0.25) is 9.36 Å². The molecule has 25 heavy (non-hydrogen) atoms. The van der Waals surface area contributed by atoms with Crippen LogP contribution in [-0.2, 0) is 11.3 Å². The molecule has 6 nitrogen and oxygen atoms in total. The Morgan fingerprint density at radius 2 is 2.24 bits per heavy atom. The first kappa shape index (κ1) is 18.0. The summed E-state index contributed by atoms with van der Waals surface area (Å²) in [7, 11) is 0. The van der Waals surface area contributed by atoms with Gasteiger partial charge in [0.25, 0.3) is 0 Å². The molecule has 0 radical (unpaired) electrons. The van der Waals surface area contributed by atoms with Gasteiger partial charge in [-0.15, -0.1) is 10.2 Å². The molecule has 0 aliphatic carbocycles. The topological polar surface area (TPSA) is 64.2 Å². The van der Waals surface area contributed by atoms with E-state index in [4.69, 9.17) is 4.42 Å². The minimum absolute atomic E-state index is 0.191. The van der Waals surface area contributed by atoms with Gasteiger partial charge in [0.1, 0.15) is 0 Å². The van der Waals surface area contributed by atoms with Crippen LogP contribution in [0.3, 0.4) is 0 Å². The third-order valence-electron chi connectivity index (χ3n) is 4.45. The summed E-state index contributed by atoms with van der Waals surface area (Å²) in [6, 6.07) is 4.07. The van der Waals surface area contributed by atoms with Crippen LogP contribution in [0.1, 0.15) is 40.0 Å². The van der Waals surface area contributed by atoms with Crippen LogP contribution in [0.5, 0.6) is 0 Å². The van der Waals surface area contributed by atoms with Crippen molar-refractivity contribution >= 4 is 17.7 Å². The predicted molar refractivity (Wildman–Crippen MR) is 98.3 cm³/mol. The average Bonchev–Trinajstić information content (AvgIpc) is 3.22. The number of rotatable bonds is 6. The third-order valence-corrected chi connectivity index (χ3v) is 5.41. The van der Waals surface area contributed by atoms with E-state index in [-0.39, 0.29) is 5.91 Å². The van der Waals surface area contributed by atoms with Crippen LogP contribution in [0.25, 0.3) is 11.6 Å². The fourth-order valence-corrected chi connectivity index (χ4v) is 4.02. The summed E-state index contributed by atoms with van der Waals surface area (Å²) in [5.74, 6) is 2.47. The van der Waals surface area contributed by atoms with E-state index in [1.807, 2.05) is 17.0 Å². The molecule has 2 aromatic rings. The van der Waals surface area contributed by atoms with E-state index in [2.05, 4.69) is 35.5 Å². The van der Waals surface area contributed by atoms with Crippen LogP contribution in [0.4, 0.5) is 0 Å². The zero-order chi connectivity index (χ0) is 17.8. The first-order chi connectivity index (χ1) is 12.1. The van der Waals surface area contributed by atoms with Gasteiger partial charge >= 0.3 is 0 Å². The Bertz CT molecular complexity index is 696. The molecule has 136 valence electrons. The molecule has 0 N–H and O–H groups in total. The first-order valence-electron chi connectivity index (χ1n) is 8.95. The van der Waals surface area contributed by atoms with Gasteiger partial charge in [0.05, 0.1) is 12.0 Å². The fourth-order valence-electron chi connectivity index (χ4n) is 3.19. The molecule has 1 aliphatic rings. The number of carbonyl (C=O) groups is 1. The molecule has 3 heterocycles. The SMILES string of the molecule is CC(C)Cn1c(SCC(=O)N2CCCCC2C)nnc1-c1ccco1. The summed E-state index contributed by atoms with van der Waals surface area (Å²) in [4.78, 5) is 14.6. The van der Waals surface area contributed by atoms with E-state index >= 15 is 0 Å². The number of likely N-dealkylation sites (tertiary alicyclic amines) is 1. The zero-order valence-electron chi connectivity index (χ0n) is 15.1. The Morgan fingerprint density at radius 1 is 1.40 bits per heavy atom. The van der Waals surface area contributed by atoms with Crippen LogP contribution in [0, 0.1) is 5.92 Å². The molecule has 3 rings (SSSR count). The maximum Gasteiger partial charge on any atom is 0.233 e. The highest BCUT2D eigenvalue weighted by Crippen LogP contribution is 2.26. The fraction of sp³-hybridized carbons (Fsp3) is 0.611. The number of amides is 1. The molecule has 7 heteroatoms. The average molecular weight is 362 g/mol. The van der Waals surface area contributed by atoms with Gasteiger partial charge in [0, 0.05) is 19.1 Å². The van der Waals surface area contributed by atoms with Gasteiger partial charge in [0.2, 0.25) is 5.91 Å². The summed E-state index contributed by atoms with van der Waals surface area (Å²) in [5.41, 5.74) is 0. The highest BCUT2D eigenvalue weighted by Gasteiger charge is 2.24. The van der Waals surface area contributed by atoms with E-state index < -0.39 is 0 Å². The van der Waals surface area contributed by atoms with Gasteiger partial charge in [-0.2, -0.15) is 0 Å². The van der Waals surface area contributed by atoms with Gasteiger partial charge in [-0.1, -0.05) is 25.6 Å². The molecule has 2 aromatic heterocycles. The van der Waals surface area contributed by atoms with Crippen molar-refractivity contribution in [2.75, 3.05) is 12.3 Å². The molecule has 0 saturated carbocycles. The van der Waals surface area contributed by atoms with Crippen molar-refractivity contribution < 1.29 is 9.21 Å². The molecule has 1 fully saturated rings. The number of carbonyl (C=O) groups excluding carboxylic acids is 1. The summed E-state index contributed by atoms with van der Waals surface area (Å²) in [5, 5.41) is 9.37. The largest absolute Gasteiger partial charge is 0.461 e. The molecule has 0 bridgehead atoms. The molecule has 1 saturated heterocycles. The third kappa shape index (κ3) is 4.26.